The number of benzene rings is 3. The standard InChI is InChI=1S/C33H41N3O4S/c1-4-27-15-9-12-18-31(27)36(41(39,40)29-21-19-25(3)20-22-29)24-32(37)35(23-26-13-7-6-8-14-26)30(5-2)33(38)34-28-16-10-11-17-28/h6-9,12-15,18-22,28,30H,4-5,10-11,16-17,23-24H2,1-3H3,(H,34,38). The number of para-hydroxylation sites is 1. The number of nitrogens with zero attached hydrogens (tertiary/aromatic N) is 2. The van der Waals surface area contributed by atoms with Gasteiger partial charge in [-0.3, -0.25) is 13.9 Å². The molecule has 1 N–H and O–H groups in total. The second-order valence-electron chi connectivity index (χ2n) is 10.7. The largest absolute Gasteiger partial charge is 0.352 e. The lowest BCUT2D eigenvalue weighted by molar-refractivity contribution is -0.140. The minimum atomic E-state index is -4.09. The van der Waals surface area contributed by atoms with Gasteiger partial charge in [-0.25, -0.2) is 8.42 Å². The number of amides is 2. The minimum Gasteiger partial charge on any atom is -0.352 e. The second kappa shape index (κ2) is 13.8. The van der Waals surface area contributed by atoms with E-state index in [2.05, 4.69) is 5.32 Å². The van der Waals surface area contributed by atoms with Crippen LogP contribution in [0.25, 0.3) is 0 Å². The molecule has 0 radical (unpaired) electrons. The lowest BCUT2D eigenvalue weighted by Gasteiger charge is -2.34. The monoisotopic (exact) mass is 575 g/mol. The Bertz CT molecular complexity index is 1420. The van der Waals surface area contributed by atoms with Gasteiger partial charge in [0.05, 0.1) is 10.6 Å². The third kappa shape index (κ3) is 7.36. The predicted octanol–water partition coefficient (Wildman–Crippen LogP) is 5.62. The number of rotatable bonds is 12. The predicted molar refractivity (Wildman–Crippen MR) is 163 cm³/mol. The van der Waals surface area contributed by atoms with E-state index in [1.807, 2.05) is 63.2 Å². The summed E-state index contributed by atoms with van der Waals surface area (Å²) >= 11 is 0. The molecular formula is C33H41N3O4S. The second-order valence-corrected chi connectivity index (χ2v) is 12.6. The summed E-state index contributed by atoms with van der Waals surface area (Å²) in [6.07, 6.45) is 5.04. The van der Waals surface area contributed by atoms with Crippen molar-refractivity contribution in [2.45, 2.75) is 82.8 Å². The van der Waals surface area contributed by atoms with Gasteiger partial charge in [-0.1, -0.05) is 92.9 Å². The van der Waals surface area contributed by atoms with Crippen molar-refractivity contribution in [1.82, 2.24) is 10.2 Å². The first-order valence-corrected chi connectivity index (χ1v) is 16.0. The van der Waals surface area contributed by atoms with Crippen LogP contribution < -0.4 is 9.62 Å². The zero-order valence-electron chi connectivity index (χ0n) is 24.3. The molecule has 2 amide bonds. The van der Waals surface area contributed by atoms with E-state index in [-0.39, 0.29) is 23.4 Å². The molecule has 8 heteroatoms. The molecule has 1 unspecified atom stereocenters. The molecule has 1 saturated carbocycles. The highest BCUT2D eigenvalue weighted by atomic mass is 32.2. The van der Waals surface area contributed by atoms with Crippen LogP contribution in [0.3, 0.4) is 0 Å². The van der Waals surface area contributed by atoms with Gasteiger partial charge in [0.15, 0.2) is 0 Å². The number of aryl methyl sites for hydroxylation is 2. The van der Waals surface area contributed by atoms with Crippen LogP contribution in [0.4, 0.5) is 5.69 Å². The smallest absolute Gasteiger partial charge is 0.264 e. The van der Waals surface area contributed by atoms with Gasteiger partial charge in [-0.05, 0) is 61.9 Å². The van der Waals surface area contributed by atoms with Gasteiger partial charge in [-0.15, -0.1) is 0 Å². The maximum absolute atomic E-state index is 14.2. The van der Waals surface area contributed by atoms with Gasteiger partial charge in [0.25, 0.3) is 10.0 Å². The summed E-state index contributed by atoms with van der Waals surface area (Å²) in [5.74, 6) is -0.616. The van der Waals surface area contributed by atoms with Crippen LogP contribution in [-0.4, -0.2) is 43.8 Å². The van der Waals surface area contributed by atoms with Crippen molar-refractivity contribution in [3.63, 3.8) is 0 Å². The molecule has 4 rings (SSSR count). The molecule has 41 heavy (non-hydrogen) atoms. The van der Waals surface area contributed by atoms with Crippen LogP contribution in [0, 0.1) is 6.92 Å². The van der Waals surface area contributed by atoms with Crippen LogP contribution in [0.1, 0.15) is 62.6 Å². The number of hydrogen-bond donors (Lipinski definition) is 1. The molecule has 1 aliphatic carbocycles. The maximum Gasteiger partial charge on any atom is 0.264 e. The Morgan fingerprint density at radius 1 is 0.902 bits per heavy atom. The Balaban J connectivity index is 1.73. The number of hydrogen-bond acceptors (Lipinski definition) is 4. The van der Waals surface area contributed by atoms with Crippen molar-refractivity contribution >= 4 is 27.5 Å². The molecule has 3 aromatic rings. The van der Waals surface area contributed by atoms with Crippen molar-refractivity contribution in [3.05, 3.63) is 95.6 Å². The Morgan fingerprint density at radius 3 is 2.17 bits per heavy atom. The molecular weight excluding hydrogens is 534 g/mol. The summed E-state index contributed by atoms with van der Waals surface area (Å²) in [6.45, 7) is 5.52. The van der Waals surface area contributed by atoms with E-state index >= 15 is 0 Å². The van der Waals surface area contributed by atoms with E-state index in [9.17, 15) is 18.0 Å². The maximum atomic E-state index is 14.2. The van der Waals surface area contributed by atoms with Gasteiger partial charge in [0.2, 0.25) is 11.8 Å². The van der Waals surface area contributed by atoms with Crippen LogP contribution in [0.2, 0.25) is 0 Å². The SMILES string of the molecule is CCc1ccccc1N(CC(=O)N(Cc1ccccc1)C(CC)C(=O)NC1CCCC1)S(=O)(=O)c1ccc(C)cc1. The average molecular weight is 576 g/mol. The van der Waals surface area contributed by atoms with E-state index in [0.717, 1.165) is 42.4 Å². The summed E-state index contributed by atoms with van der Waals surface area (Å²) in [6, 6.07) is 22.8. The molecule has 0 bridgehead atoms. The average Bonchev–Trinajstić information content (AvgIpc) is 3.49. The fourth-order valence-corrected chi connectivity index (χ4v) is 6.92. The highest BCUT2D eigenvalue weighted by Crippen LogP contribution is 2.29. The number of anilines is 1. The van der Waals surface area contributed by atoms with E-state index in [0.29, 0.717) is 18.5 Å². The summed E-state index contributed by atoms with van der Waals surface area (Å²) in [4.78, 5) is 29.4. The highest BCUT2D eigenvalue weighted by Gasteiger charge is 2.35. The number of sulfonamides is 1. The van der Waals surface area contributed by atoms with E-state index < -0.39 is 28.5 Å². The Hall–Kier alpha value is -3.65. The van der Waals surface area contributed by atoms with Crippen LogP contribution in [0.15, 0.2) is 83.8 Å². The third-order valence-corrected chi connectivity index (χ3v) is 9.59. The number of carbonyl (C=O) groups excluding carboxylic acids is 2. The Labute approximate surface area is 244 Å². The third-order valence-electron chi connectivity index (χ3n) is 7.81. The molecule has 1 fully saturated rings. The normalized spacial score (nSPS) is 14.4. The van der Waals surface area contributed by atoms with E-state index in [1.165, 1.54) is 4.31 Å². The van der Waals surface area contributed by atoms with Crippen molar-refractivity contribution in [2.24, 2.45) is 0 Å². The van der Waals surface area contributed by atoms with Crippen molar-refractivity contribution in [3.8, 4) is 0 Å². The first-order chi connectivity index (χ1) is 19.7. The molecule has 218 valence electrons. The minimum absolute atomic E-state index is 0.111. The van der Waals surface area contributed by atoms with Gasteiger partial charge < -0.3 is 10.2 Å². The van der Waals surface area contributed by atoms with Gasteiger partial charge in [0.1, 0.15) is 12.6 Å². The Kier molecular flexibility index (Phi) is 10.2. The molecule has 0 aromatic heterocycles. The fourth-order valence-electron chi connectivity index (χ4n) is 5.47. The topological polar surface area (TPSA) is 86.8 Å². The Morgan fingerprint density at radius 2 is 1.54 bits per heavy atom. The first-order valence-electron chi connectivity index (χ1n) is 14.6. The number of carbonyl (C=O) groups is 2. The van der Waals surface area contributed by atoms with Gasteiger partial charge >= 0.3 is 0 Å². The van der Waals surface area contributed by atoms with Crippen LogP contribution in [0.5, 0.6) is 0 Å². The van der Waals surface area contributed by atoms with Gasteiger partial charge in [0, 0.05) is 12.6 Å². The number of nitrogens with one attached hydrogen (secondary N) is 1. The quantitative estimate of drug-likeness (QED) is 0.304. The van der Waals surface area contributed by atoms with Crippen molar-refractivity contribution in [1.29, 1.82) is 0 Å². The summed E-state index contributed by atoms with van der Waals surface area (Å²) in [5, 5.41) is 3.15. The molecule has 0 saturated heterocycles. The lowest BCUT2D eigenvalue weighted by atomic mass is 10.1. The molecule has 1 atom stereocenters. The molecule has 7 nitrogen and oxygen atoms in total. The molecule has 1 aliphatic rings. The van der Waals surface area contributed by atoms with Crippen molar-refractivity contribution in [2.75, 3.05) is 10.8 Å². The summed E-state index contributed by atoms with van der Waals surface area (Å²) < 4.78 is 29.4. The molecule has 0 aliphatic heterocycles. The lowest BCUT2D eigenvalue weighted by Crippen LogP contribution is -2.53. The van der Waals surface area contributed by atoms with E-state index in [1.54, 1.807) is 41.3 Å². The van der Waals surface area contributed by atoms with E-state index in [4.69, 9.17) is 0 Å². The van der Waals surface area contributed by atoms with Crippen LogP contribution >= 0.6 is 0 Å². The van der Waals surface area contributed by atoms with Gasteiger partial charge in [-0.2, -0.15) is 0 Å². The fraction of sp³-hybridized carbons (Fsp3) is 0.394. The van der Waals surface area contributed by atoms with Crippen LogP contribution in [-0.2, 0) is 32.6 Å². The highest BCUT2D eigenvalue weighted by molar-refractivity contribution is 7.92. The zero-order valence-corrected chi connectivity index (χ0v) is 25.1. The summed E-state index contributed by atoms with van der Waals surface area (Å²) in [5.41, 5.74) is 3.09. The van der Waals surface area contributed by atoms with Crippen molar-refractivity contribution < 1.29 is 18.0 Å². The molecule has 3 aromatic carbocycles. The molecule has 0 spiro atoms. The molecule has 0 heterocycles. The zero-order chi connectivity index (χ0) is 29.4. The summed E-state index contributed by atoms with van der Waals surface area (Å²) in [7, 11) is -4.09. The first kappa shape index (κ1) is 30.3.